The van der Waals surface area contributed by atoms with E-state index < -0.39 is 42.2 Å². The van der Waals surface area contributed by atoms with Crippen LogP contribution < -0.4 is 4.74 Å². The Morgan fingerprint density at radius 2 is 1.96 bits per heavy atom. The first kappa shape index (κ1) is 17.2. The molecule has 0 aromatic heterocycles. The van der Waals surface area contributed by atoms with E-state index in [9.17, 15) is 30.2 Å². The van der Waals surface area contributed by atoms with Gasteiger partial charge in [0.1, 0.15) is 30.2 Å². The lowest BCUT2D eigenvalue weighted by Gasteiger charge is -2.39. The lowest BCUT2D eigenvalue weighted by molar-refractivity contribution is -0.384. The lowest BCUT2D eigenvalue weighted by Crippen LogP contribution is -2.60. The summed E-state index contributed by atoms with van der Waals surface area (Å²) in [5.74, 6) is -0.116. The third kappa shape index (κ3) is 3.46. The Bertz CT molecular complexity index is 591. The van der Waals surface area contributed by atoms with Gasteiger partial charge in [-0.15, -0.1) is 0 Å². The first-order chi connectivity index (χ1) is 10.9. The van der Waals surface area contributed by atoms with Gasteiger partial charge in [0.05, 0.1) is 17.1 Å². The largest absolute Gasteiger partial charge is 0.461 e. The van der Waals surface area contributed by atoms with Gasteiger partial charge in [-0.3, -0.25) is 14.9 Å². The first-order valence-corrected chi connectivity index (χ1v) is 6.59. The quantitative estimate of drug-likeness (QED) is 0.289. The summed E-state index contributed by atoms with van der Waals surface area (Å²) >= 11 is 0. The highest BCUT2D eigenvalue weighted by Crippen LogP contribution is 2.28. The van der Waals surface area contributed by atoms with Gasteiger partial charge in [-0.2, -0.15) is 0 Å². The number of nitro benzene ring substituents is 1. The minimum Gasteiger partial charge on any atom is -0.461 e. The number of hydrogen-bond acceptors (Lipinski definition) is 9. The van der Waals surface area contributed by atoms with Gasteiger partial charge in [-0.05, 0) is 6.07 Å². The van der Waals surface area contributed by atoms with E-state index in [4.69, 9.17) is 14.6 Å². The van der Waals surface area contributed by atoms with Crippen LogP contribution in [0.2, 0.25) is 0 Å². The minimum absolute atomic E-state index is 0.116. The summed E-state index contributed by atoms with van der Waals surface area (Å²) in [4.78, 5) is 21.0. The summed E-state index contributed by atoms with van der Waals surface area (Å²) in [6, 6.07) is 3.21. The van der Waals surface area contributed by atoms with Crippen molar-refractivity contribution in [2.24, 2.45) is 0 Å². The topological polar surface area (TPSA) is 160 Å². The van der Waals surface area contributed by atoms with Gasteiger partial charge >= 0.3 is 0 Å². The highest BCUT2D eigenvalue weighted by molar-refractivity contribution is 5.80. The maximum absolute atomic E-state index is 11.0. The van der Waals surface area contributed by atoms with Crippen LogP contribution in [0.5, 0.6) is 5.75 Å². The third-order valence-electron chi connectivity index (χ3n) is 3.42. The zero-order valence-corrected chi connectivity index (χ0v) is 11.7. The van der Waals surface area contributed by atoms with Crippen LogP contribution in [0.4, 0.5) is 5.69 Å². The minimum atomic E-state index is -1.65. The third-order valence-corrected chi connectivity index (χ3v) is 3.42. The van der Waals surface area contributed by atoms with Gasteiger partial charge in [0.25, 0.3) is 5.69 Å². The Balaban J connectivity index is 2.23. The number of aliphatic hydroxyl groups is 4. The molecule has 10 heteroatoms. The maximum Gasteiger partial charge on any atom is 0.270 e. The molecule has 0 amide bonds. The van der Waals surface area contributed by atoms with Crippen LogP contribution in [-0.2, 0) is 4.74 Å². The molecule has 1 unspecified atom stereocenters. The van der Waals surface area contributed by atoms with E-state index in [1.807, 2.05) is 0 Å². The summed E-state index contributed by atoms with van der Waals surface area (Å²) in [5.41, 5.74) is -0.482. The first-order valence-electron chi connectivity index (χ1n) is 6.59. The normalized spacial score (nSPS) is 30.7. The molecule has 1 aromatic carbocycles. The Morgan fingerprint density at radius 3 is 2.52 bits per heavy atom. The second-order valence-corrected chi connectivity index (χ2v) is 4.91. The number of rotatable bonds is 5. The number of nitro groups is 1. The molecule has 1 aliphatic rings. The number of hydrogen-bond donors (Lipinski definition) is 4. The lowest BCUT2D eigenvalue weighted by atomic mass is 9.99. The van der Waals surface area contributed by atoms with Gasteiger partial charge in [0.2, 0.25) is 6.29 Å². The molecule has 2 rings (SSSR count). The smallest absolute Gasteiger partial charge is 0.270 e. The zero-order valence-electron chi connectivity index (χ0n) is 11.7. The molecular weight excluding hydrogens is 314 g/mol. The number of non-ortho nitro benzene ring substituents is 1. The number of aldehydes is 1. The summed E-state index contributed by atoms with van der Waals surface area (Å²) in [6.45, 7) is -0.633. The second kappa shape index (κ2) is 6.98. The Hall–Kier alpha value is -2.11. The van der Waals surface area contributed by atoms with Crippen LogP contribution in [0.1, 0.15) is 10.4 Å². The van der Waals surface area contributed by atoms with Crippen LogP contribution in [0.25, 0.3) is 0 Å². The Labute approximate surface area is 129 Å². The highest BCUT2D eigenvalue weighted by atomic mass is 16.7. The van der Waals surface area contributed by atoms with E-state index in [-0.39, 0.29) is 17.0 Å². The fourth-order valence-corrected chi connectivity index (χ4v) is 2.14. The summed E-state index contributed by atoms with van der Waals surface area (Å²) in [6.07, 6.45) is -7.16. The Morgan fingerprint density at radius 1 is 1.26 bits per heavy atom. The molecule has 1 fully saturated rings. The summed E-state index contributed by atoms with van der Waals surface area (Å²) in [7, 11) is 0. The van der Waals surface area contributed by atoms with Crippen molar-refractivity contribution in [3.63, 3.8) is 0 Å². The number of benzene rings is 1. The van der Waals surface area contributed by atoms with Crippen LogP contribution in [0, 0.1) is 10.1 Å². The Kier molecular flexibility index (Phi) is 5.23. The molecule has 0 radical (unpaired) electrons. The van der Waals surface area contributed by atoms with E-state index in [2.05, 4.69) is 0 Å². The predicted octanol–water partition coefficient (Wildman–Crippen LogP) is -1.41. The molecule has 23 heavy (non-hydrogen) atoms. The molecule has 4 N–H and O–H groups in total. The summed E-state index contributed by atoms with van der Waals surface area (Å²) in [5, 5.41) is 48.9. The zero-order chi connectivity index (χ0) is 17.1. The average Bonchev–Trinajstić information content (AvgIpc) is 2.55. The van der Waals surface area contributed by atoms with E-state index in [1.165, 1.54) is 0 Å². The summed E-state index contributed by atoms with van der Waals surface area (Å²) < 4.78 is 10.4. The molecule has 0 saturated carbocycles. The highest BCUT2D eigenvalue weighted by Gasteiger charge is 2.44. The van der Waals surface area contributed by atoms with Crippen molar-refractivity contribution < 1.29 is 39.6 Å². The van der Waals surface area contributed by atoms with Gasteiger partial charge in [0.15, 0.2) is 6.29 Å². The van der Waals surface area contributed by atoms with Crippen molar-refractivity contribution in [1.82, 2.24) is 0 Å². The molecule has 1 heterocycles. The molecule has 1 aromatic rings. The van der Waals surface area contributed by atoms with Crippen molar-refractivity contribution in [3.05, 3.63) is 33.9 Å². The molecule has 1 aliphatic heterocycles. The molecular formula is C13H15NO9. The van der Waals surface area contributed by atoms with E-state index in [1.54, 1.807) is 0 Å². The van der Waals surface area contributed by atoms with Gasteiger partial charge in [0, 0.05) is 12.1 Å². The standard InChI is InChI=1S/C13H15NO9/c15-4-6-3-7(14(20)21)1-2-8(6)22-13-12(19)11(18)10(17)9(5-16)23-13/h1-4,9-13,16-19H,5H2/t9-,10+,11+,12-,13?/m1/s1. The molecule has 0 spiro atoms. The average molecular weight is 329 g/mol. The molecule has 0 aliphatic carbocycles. The van der Waals surface area contributed by atoms with E-state index >= 15 is 0 Å². The van der Waals surface area contributed by atoms with Crippen LogP contribution in [-0.4, -0.2) is 68.9 Å². The van der Waals surface area contributed by atoms with Gasteiger partial charge in [-0.25, -0.2) is 0 Å². The monoisotopic (exact) mass is 329 g/mol. The van der Waals surface area contributed by atoms with Crippen molar-refractivity contribution in [1.29, 1.82) is 0 Å². The fourth-order valence-electron chi connectivity index (χ4n) is 2.14. The number of carbonyl (C=O) groups is 1. The van der Waals surface area contributed by atoms with E-state index in [0.29, 0.717) is 6.29 Å². The van der Waals surface area contributed by atoms with E-state index in [0.717, 1.165) is 18.2 Å². The van der Waals surface area contributed by atoms with Crippen LogP contribution >= 0.6 is 0 Å². The van der Waals surface area contributed by atoms with Crippen LogP contribution in [0.3, 0.4) is 0 Å². The van der Waals surface area contributed by atoms with Crippen LogP contribution in [0.15, 0.2) is 18.2 Å². The SMILES string of the molecule is O=Cc1cc([N+](=O)[O-])ccc1OC1O[C@H](CO)[C@H](O)[C@H](O)[C@H]1O. The molecule has 5 atom stereocenters. The number of aliphatic hydroxyl groups excluding tert-OH is 4. The fraction of sp³-hybridized carbons (Fsp3) is 0.462. The number of nitrogens with zero attached hydrogens (tertiary/aromatic N) is 1. The maximum atomic E-state index is 11.0. The number of ether oxygens (including phenoxy) is 2. The predicted molar refractivity (Wildman–Crippen MR) is 72.9 cm³/mol. The van der Waals surface area contributed by atoms with Gasteiger partial charge < -0.3 is 29.9 Å². The van der Waals surface area contributed by atoms with Crippen molar-refractivity contribution >= 4 is 12.0 Å². The van der Waals surface area contributed by atoms with Crippen molar-refractivity contribution in [2.75, 3.05) is 6.61 Å². The molecule has 0 bridgehead atoms. The number of carbonyl (C=O) groups excluding carboxylic acids is 1. The second-order valence-electron chi connectivity index (χ2n) is 4.91. The molecule has 10 nitrogen and oxygen atoms in total. The molecule has 126 valence electrons. The van der Waals surface area contributed by atoms with Gasteiger partial charge in [-0.1, -0.05) is 0 Å². The van der Waals surface area contributed by atoms with Crippen molar-refractivity contribution in [3.8, 4) is 5.75 Å². The molecule has 1 saturated heterocycles. The van der Waals surface area contributed by atoms with Crippen molar-refractivity contribution in [2.45, 2.75) is 30.7 Å².